The van der Waals surface area contributed by atoms with Gasteiger partial charge in [-0.15, -0.1) is 10.2 Å². The lowest BCUT2D eigenvalue weighted by Crippen LogP contribution is -1.86. The first-order valence-corrected chi connectivity index (χ1v) is 5.61. The van der Waals surface area contributed by atoms with Crippen LogP contribution in [-0.2, 0) is 0 Å². The van der Waals surface area contributed by atoms with Gasteiger partial charge in [0.2, 0.25) is 5.89 Å². The van der Waals surface area contributed by atoms with Gasteiger partial charge in [-0.25, -0.2) is 0 Å². The molecule has 0 saturated heterocycles. The van der Waals surface area contributed by atoms with Gasteiger partial charge in [0.05, 0.1) is 4.83 Å². The van der Waals surface area contributed by atoms with Crippen LogP contribution in [-0.4, -0.2) is 15.2 Å². The highest BCUT2D eigenvalue weighted by atomic mass is 79.9. The lowest BCUT2D eigenvalue weighted by atomic mass is 10.3. The van der Waals surface area contributed by atoms with Crippen LogP contribution >= 0.6 is 15.9 Å². The molecule has 5 heteroatoms. The van der Waals surface area contributed by atoms with E-state index < -0.39 is 0 Å². The minimum absolute atomic E-state index is 0.113. The molecule has 2 heterocycles. The average Bonchev–Trinajstić information content (AvgIpc) is 2.78. The Morgan fingerprint density at radius 3 is 2.93 bits per heavy atom. The molecule has 2 rings (SSSR count). The Kier molecular flexibility index (Phi) is 3.11. The van der Waals surface area contributed by atoms with E-state index in [1.54, 1.807) is 6.20 Å². The summed E-state index contributed by atoms with van der Waals surface area (Å²) in [7, 11) is 0. The molecule has 0 bridgehead atoms. The summed E-state index contributed by atoms with van der Waals surface area (Å²) >= 11 is 3.45. The fourth-order valence-corrected chi connectivity index (χ4v) is 1.31. The van der Waals surface area contributed by atoms with Crippen molar-refractivity contribution in [3.05, 3.63) is 30.3 Å². The van der Waals surface area contributed by atoms with Crippen LogP contribution in [0.4, 0.5) is 0 Å². The molecule has 1 atom stereocenters. The summed E-state index contributed by atoms with van der Waals surface area (Å²) in [5, 5.41) is 7.91. The molecule has 78 valence electrons. The van der Waals surface area contributed by atoms with Gasteiger partial charge in [-0.05, 0) is 18.6 Å². The van der Waals surface area contributed by atoms with E-state index in [-0.39, 0.29) is 4.83 Å². The van der Waals surface area contributed by atoms with Crippen LogP contribution in [0.25, 0.3) is 11.6 Å². The lowest BCUT2D eigenvalue weighted by Gasteiger charge is -1.97. The topological polar surface area (TPSA) is 51.8 Å². The van der Waals surface area contributed by atoms with Crippen LogP contribution in [0, 0.1) is 0 Å². The molecule has 0 aliphatic rings. The van der Waals surface area contributed by atoms with Crippen molar-refractivity contribution >= 4 is 15.9 Å². The summed E-state index contributed by atoms with van der Waals surface area (Å²) in [5.74, 6) is 1.06. The number of rotatable bonds is 3. The van der Waals surface area contributed by atoms with Crippen molar-refractivity contribution in [2.45, 2.75) is 18.2 Å². The van der Waals surface area contributed by atoms with Crippen LogP contribution in [0.3, 0.4) is 0 Å². The molecular weight excluding hydrogens is 258 g/mol. The second-order valence-electron chi connectivity index (χ2n) is 3.04. The Balaban J connectivity index is 2.28. The van der Waals surface area contributed by atoms with Gasteiger partial charge in [-0.2, -0.15) is 0 Å². The first-order chi connectivity index (χ1) is 7.31. The van der Waals surface area contributed by atoms with Crippen molar-refractivity contribution in [2.24, 2.45) is 0 Å². The SMILES string of the molecule is CCC(Br)c1nnc(-c2ccccn2)o1. The largest absolute Gasteiger partial charge is 0.418 e. The van der Waals surface area contributed by atoms with Crippen molar-refractivity contribution in [3.8, 4) is 11.6 Å². The monoisotopic (exact) mass is 267 g/mol. The third-order valence-electron chi connectivity index (χ3n) is 1.95. The molecule has 0 amide bonds. The smallest absolute Gasteiger partial charge is 0.266 e. The Morgan fingerprint density at radius 1 is 1.40 bits per heavy atom. The second kappa shape index (κ2) is 4.53. The molecule has 1 unspecified atom stereocenters. The molecule has 0 radical (unpaired) electrons. The first-order valence-electron chi connectivity index (χ1n) is 4.70. The van der Waals surface area contributed by atoms with Crippen LogP contribution in [0.2, 0.25) is 0 Å². The van der Waals surface area contributed by atoms with Gasteiger partial charge in [-0.1, -0.05) is 28.9 Å². The van der Waals surface area contributed by atoms with Crippen molar-refractivity contribution in [1.29, 1.82) is 0 Å². The summed E-state index contributed by atoms with van der Waals surface area (Å²) in [5.41, 5.74) is 0.701. The number of alkyl halides is 1. The standard InChI is InChI=1S/C10H10BrN3O/c1-2-7(11)9-13-14-10(15-9)8-5-3-4-6-12-8/h3-7H,2H2,1H3. The summed E-state index contributed by atoms with van der Waals surface area (Å²) in [6.45, 7) is 2.05. The maximum atomic E-state index is 5.49. The molecular formula is C10H10BrN3O. The number of hydrogen-bond donors (Lipinski definition) is 0. The van der Waals surface area contributed by atoms with Crippen LogP contribution < -0.4 is 0 Å². The van der Waals surface area contributed by atoms with Crippen molar-refractivity contribution < 1.29 is 4.42 Å². The highest BCUT2D eigenvalue weighted by Crippen LogP contribution is 2.26. The van der Waals surface area contributed by atoms with Gasteiger partial charge in [0.15, 0.2) is 0 Å². The van der Waals surface area contributed by atoms with E-state index in [0.29, 0.717) is 17.5 Å². The zero-order valence-electron chi connectivity index (χ0n) is 8.22. The number of pyridine rings is 1. The van der Waals surface area contributed by atoms with Gasteiger partial charge < -0.3 is 4.42 Å². The molecule has 2 aromatic heterocycles. The van der Waals surface area contributed by atoms with E-state index in [0.717, 1.165) is 6.42 Å². The third kappa shape index (κ3) is 2.23. The van der Waals surface area contributed by atoms with Gasteiger partial charge >= 0.3 is 0 Å². The van der Waals surface area contributed by atoms with E-state index in [1.807, 2.05) is 25.1 Å². The van der Waals surface area contributed by atoms with E-state index >= 15 is 0 Å². The normalized spacial score (nSPS) is 12.7. The molecule has 0 aromatic carbocycles. The van der Waals surface area contributed by atoms with Gasteiger partial charge in [-0.3, -0.25) is 4.98 Å². The zero-order valence-corrected chi connectivity index (χ0v) is 9.81. The van der Waals surface area contributed by atoms with Crippen molar-refractivity contribution in [1.82, 2.24) is 15.2 Å². The van der Waals surface area contributed by atoms with Crippen molar-refractivity contribution in [3.63, 3.8) is 0 Å². The summed E-state index contributed by atoms with van der Waals surface area (Å²) in [6.07, 6.45) is 2.61. The number of nitrogens with zero attached hydrogens (tertiary/aromatic N) is 3. The molecule has 0 N–H and O–H groups in total. The van der Waals surface area contributed by atoms with Gasteiger partial charge in [0, 0.05) is 6.20 Å². The minimum Gasteiger partial charge on any atom is -0.418 e. The van der Waals surface area contributed by atoms with Crippen LogP contribution in [0.15, 0.2) is 28.8 Å². The number of halogens is 1. The zero-order chi connectivity index (χ0) is 10.7. The Bertz CT molecular complexity index is 429. The molecule has 4 nitrogen and oxygen atoms in total. The Hall–Kier alpha value is -1.23. The highest BCUT2D eigenvalue weighted by Gasteiger charge is 2.14. The molecule has 0 aliphatic heterocycles. The maximum Gasteiger partial charge on any atom is 0.266 e. The van der Waals surface area contributed by atoms with E-state index in [4.69, 9.17) is 4.42 Å². The lowest BCUT2D eigenvalue weighted by molar-refractivity contribution is 0.499. The van der Waals surface area contributed by atoms with E-state index in [1.165, 1.54) is 0 Å². The van der Waals surface area contributed by atoms with E-state index in [2.05, 4.69) is 31.1 Å². The summed E-state index contributed by atoms with van der Waals surface area (Å²) in [4.78, 5) is 4.25. The molecule has 15 heavy (non-hydrogen) atoms. The maximum absolute atomic E-state index is 5.49. The predicted octanol–water partition coefficient (Wildman–Crippen LogP) is 2.98. The summed E-state index contributed by atoms with van der Waals surface area (Å²) in [6, 6.07) is 5.57. The van der Waals surface area contributed by atoms with Crippen LogP contribution in [0.1, 0.15) is 24.1 Å². The number of aromatic nitrogens is 3. The number of hydrogen-bond acceptors (Lipinski definition) is 4. The molecule has 2 aromatic rings. The summed E-state index contributed by atoms with van der Waals surface area (Å²) < 4.78 is 5.49. The third-order valence-corrected chi connectivity index (χ3v) is 2.99. The highest BCUT2D eigenvalue weighted by molar-refractivity contribution is 9.09. The molecule has 0 saturated carbocycles. The molecule has 0 fully saturated rings. The fraction of sp³-hybridized carbons (Fsp3) is 0.300. The minimum atomic E-state index is 0.113. The van der Waals surface area contributed by atoms with Crippen molar-refractivity contribution in [2.75, 3.05) is 0 Å². The predicted molar refractivity (Wildman–Crippen MR) is 59.5 cm³/mol. The average molecular weight is 268 g/mol. The second-order valence-corrected chi connectivity index (χ2v) is 4.14. The van der Waals surface area contributed by atoms with E-state index in [9.17, 15) is 0 Å². The Morgan fingerprint density at radius 2 is 2.27 bits per heavy atom. The van der Waals surface area contributed by atoms with Gasteiger partial charge in [0.1, 0.15) is 5.69 Å². The molecule has 0 aliphatic carbocycles. The quantitative estimate of drug-likeness (QED) is 0.803. The molecule has 0 spiro atoms. The van der Waals surface area contributed by atoms with Gasteiger partial charge in [0.25, 0.3) is 5.89 Å². The fourth-order valence-electron chi connectivity index (χ4n) is 1.13. The van der Waals surface area contributed by atoms with Crippen LogP contribution in [0.5, 0.6) is 0 Å². The first kappa shape index (κ1) is 10.3. The Labute approximate surface area is 95.9 Å².